The van der Waals surface area contributed by atoms with Crippen molar-refractivity contribution in [2.24, 2.45) is 5.92 Å². The van der Waals surface area contributed by atoms with Gasteiger partial charge in [0.25, 0.3) is 0 Å². The molecule has 1 atom stereocenters. The molecular weight excluding hydrogens is 218 g/mol. The van der Waals surface area contributed by atoms with Gasteiger partial charge in [-0.05, 0) is 38.9 Å². The Morgan fingerprint density at radius 2 is 1.94 bits per heavy atom. The minimum Gasteiger partial charge on any atom is -0.317 e. The van der Waals surface area contributed by atoms with Crippen LogP contribution in [0.15, 0.2) is 11.2 Å². The molecule has 1 N–H and O–H groups in total. The molecule has 1 aromatic heterocycles. The lowest BCUT2D eigenvalue weighted by Gasteiger charge is -2.10. The van der Waals surface area contributed by atoms with E-state index in [1.165, 1.54) is 0 Å². The van der Waals surface area contributed by atoms with E-state index in [2.05, 4.69) is 29.1 Å². The molecule has 0 aliphatic heterocycles. The zero-order valence-corrected chi connectivity index (χ0v) is 11.4. The molecule has 0 aromatic carbocycles. The maximum absolute atomic E-state index is 4.42. The van der Waals surface area contributed by atoms with Crippen LogP contribution in [0.25, 0.3) is 0 Å². The second kappa shape index (κ2) is 6.86. The number of aromatic nitrogens is 2. The van der Waals surface area contributed by atoms with E-state index >= 15 is 0 Å². The van der Waals surface area contributed by atoms with Crippen LogP contribution >= 0.6 is 11.8 Å². The van der Waals surface area contributed by atoms with Gasteiger partial charge in [0.15, 0.2) is 5.16 Å². The van der Waals surface area contributed by atoms with Gasteiger partial charge in [-0.3, -0.25) is 0 Å². The fourth-order valence-corrected chi connectivity index (χ4v) is 2.39. The largest absolute Gasteiger partial charge is 0.317 e. The summed E-state index contributed by atoms with van der Waals surface area (Å²) in [5.74, 6) is 1.71. The number of nitrogens with one attached hydrogen (secondary N) is 1. The predicted molar refractivity (Wildman–Crippen MR) is 69.9 cm³/mol. The molecule has 4 heteroatoms. The van der Waals surface area contributed by atoms with Crippen LogP contribution in [0.3, 0.4) is 0 Å². The van der Waals surface area contributed by atoms with Gasteiger partial charge in [-0.2, -0.15) is 0 Å². The molecule has 90 valence electrons. The lowest BCUT2D eigenvalue weighted by atomic mass is 10.2. The van der Waals surface area contributed by atoms with Crippen LogP contribution < -0.4 is 5.32 Å². The molecule has 3 nitrogen and oxygen atoms in total. The first-order chi connectivity index (χ1) is 7.61. The third-order valence-corrected chi connectivity index (χ3v) is 3.38. The highest BCUT2D eigenvalue weighted by Gasteiger charge is 2.05. The number of thioether (sulfide) groups is 1. The van der Waals surface area contributed by atoms with Gasteiger partial charge in [-0.1, -0.05) is 25.6 Å². The van der Waals surface area contributed by atoms with Crippen molar-refractivity contribution >= 4 is 11.8 Å². The molecule has 0 bridgehead atoms. The second-order valence-corrected chi connectivity index (χ2v) is 5.14. The van der Waals surface area contributed by atoms with Gasteiger partial charge < -0.3 is 5.32 Å². The molecule has 0 amide bonds. The Balaban J connectivity index is 2.41. The molecule has 1 rings (SSSR count). The first-order valence-corrected chi connectivity index (χ1v) is 6.76. The van der Waals surface area contributed by atoms with E-state index < -0.39 is 0 Å². The third kappa shape index (κ3) is 4.94. The van der Waals surface area contributed by atoms with Crippen LogP contribution in [0.5, 0.6) is 0 Å². The van der Waals surface area contributed by atoms with Gasteiger partial charge in [0.2, 0.25) is 0 Å². The van der Waals surface area contributed by atoms with Crippen molar-refractivity contribution < 1.29 is 0 Å². The van der Waals surface area contributed by atoms with Crippen molar-refractivity contribution in [3.05, 3.63) is 17.5 Å². The average molecular weight is 239 g/mol. The van der Waals surface area contributed by atoms with Crippen molar-refractivity contribution in [3.63, 3.8) is 0 Å². The van der Waals surface area contributed by atoms with Gasteiger partial charge in [-0.15, -0.1) is 0 Å². The van der Waals surface area contributed by atoms with Crippen LogP contribution in [-0.4, -0.2) is 28.8 Å². The van der Waals surface area contributed by atoms with E-state index in [4.69, 9.17) is 0 Å². The van der Waals surface area contributed by atoms with Crippen molar-refractivity contribution in [3.8, 4) is 0 Å². The predicted octanol–water partition coefficient (Wildman–Crippen LogP) is 2.43. The molecule has 1 aromatic rings. The topological polar surface area (TPSA) is 37.8 Å². The number of rotatable bonds is 6. The molecule has 1 heterocycles. The van der Waals surface area contributed by atoms with Gasteiger partial charge in [0.1, 0.15) is 0 Å². The minimum atomic E-state index is 0.648. The molecule has 0 fully saturated rings. The first kappa shape index (κ1) is 13.5. The standard InChI is InChI=1S/C12H21N3S/c1-5-13-7-9(2)8-16-12-14-10(3)6-11(4)15-12/h6,9,13H,5,7-8H2,1-4H3. The van der Waals surface area contributed by atoms with E-state index in [-0.39, 0.29) is 0 Å². The molecule has 0 spiro atoms. The second-order valence-electron chi connectivity index (χ2n) is 4.16. The van der Waals surface area contributed by atoms with Gasteiger partial charge in [0.05, 0.1) is 0 Å². The summed E-state index contributed by atoms with van der Waals surface area (Å²) in [4.78, 5) is 8.84. The lowest BCUT2D eigenvalue weighted by molar-refractivity contribution is 0.573. The summed E-state index contributed by atoms with van der Waals surface area (Å²) in [6.07, 6.45) is 0. The van der Waals surface area contributed by atoms with Crippen molar-refractivity contribution in [1.29, 1.82) is 0 Å². The van der Waals surface area contributed by atoms with E-state index in [1.807, 2.05) is 19.9 Å². The number of nitrogens with zero attached hydrogens (tertiary/aromatic N) is 2. The van der Waals surface area contributed by atoms with Crippen LogP contribution in [0.1, 0.15) is 25.2 Å². The summed E-state index contributed by atoms with van der Waals surface area (Å²) >= 11 is 1.75. The first-order valence-electron chi connectivity index (χ1n) is 5.77. The maximum atomic E-state index is 4.42. The third-order valence-electron chi connectivity index (χ3n) is 2.20. The molecular formula is C12H21N3S. The van der Waals surface area contributed by atoms with Gasteiger partial charge in [-0.25, -0.2) is 9.97 Å². The number of aryl methyl sites for hydroxylation is 2. The molecule has 0 radical (unpaired) electrons. The summed E-state index contributed by atoms with van der Waals surface area (Å²) in [5.41, 5.74) is 2.10. The molecule has 0 aliphatic rings. The van der Waals surface area contributed by atoms with Crippen LogP contribution in [0.2, 0.25) is 0 Å². The molecule has 0 saturated carbocycles. The summed E-state index contributed by atoms with van der Waals surface area (Å²) in [5, 5.41) is 4.26. The quantitative estimate of drug-likeness (QED) is 0.611. The van der Waals surface area contributed by atoms with E-state index in [0.29, 0.717) is 5.92 Å². The van der Waals surface area contributed by atoms with Crippen LogP contribution in [0, 0.1) is 19.8 Å². The lowest BCUT2D eigenvalue weighted by Crippen LogP contribution is -2.21. The highest BCUT2D eigenvalue weighted by Crippen LogP contribution is 2.17. The Morgan fingerprint density at radius 3 is 2.50 bits per heavy atom. The summed E-state index contributed by atoms with van der Waals surface area (Å²) in [7, 11) is 0. The fraction of sp³-hybridized carbons (Fsp3) is 0.667. The summed E-state index contributed by atoms with van der Waals surface area (Å²) in [6.45, 7) is 10.5. The van der Waals surface area contributed by atoms with E-state index in [1.54, 1.807) is 11.8 Å². The zero-order valence-electron chi connectivity index (χ0n) is 10.6. The zero-order chi connectivity index (χ0) is 12.0. The highest BCUT2D eigenvalue weighted by atomic mass is 32.2. The summed E-state index contributed by atoms with van der Waals surface area (Å²) < 4.78 is 0. The van der Waals surface area contributed by atoms with Gasteiger partial charge >= 0.3 is 0 Å². The summed E-state index contributed by atoms with van der Waals surface area (Å²) in [6, 6.07) is 2.01. The van der Waals surface area contributed by atoms with Crippen LogP contribution in [-0.2, 0) is 0 Å². The van der Waals surface area contributed by atoms with E-state index in [0.717, 1.165) is 35.4 Å². The minimum absolute atomic E-state index is 0.648. The Labute approximate surface area is 102 Å². The Bertz CT molecular complexity index is 308. The number of hydrogen-bond acceptors (Lipinski definition) is 4. The fourth-order valence-electron chi connectivity index (χ4n) is 1.42. The average Bonchev–Trinajstić information content (AvgIpc) is 2.22. The normalized spacial score (nSPS) is 12.8. The SMILES string of the molecule is CCNCC(C)CSc1nc(C)cc(C)n1. The molecule has 1 unspecified atom stereocenters. The Hall–Kier alpha value is -0.610. The molecule has 16 heavy (non-hydrogen) atoms. The van der Waals surface area contributed by atoms with Crippen molar-refractivity contribution in [1.82, 2.24) is 15.3 Å². The van der Waals surface area contributed by atoms with E-state index in [9.17, 15) is 0 Å². The monoisotopic (exact) mass is 239 g/mol. The smallest absolute Gasteiger partial charge is 0.187 e. The van der Waals surface area contributed by atoms with Crippen molar-refractivity contribution in [2.75, 3.05) is 18.8 Å². The Morgan fingerprint density at radius 1 is 1.31 bits per heavy atom. The highest BCUT2D eigenvalue weighted by molar-refractivity contribution is 7.99. The molecule has 0 saturated heterocycles. The van der Waals surface area contributed by atoms with Gasteiger partial charge in [0, 0.05) is 17.1 Å². The number of hydrogen-bond donors (Lipinski definition) is 1. The maximum Gasteiger partial charge on any atom is 0.187 e. The van der Waals surface area contributed by atoms with Crippen molar-refractivity contribution in [2.45, 2.75) is 32.9 Å². The van der Waals surface area contributed by atoms with Crippen LogP contribution in [0.4, 0.5) is 0 Å². The molecule has 0 aliphatic carbocycles. The Kier molecular flexibility index (Phi) is 5.77.